The Bertz CT molecular complexity index is 451. The van der Waals surface area contributed by atoms with Gasteiger partial charge in [0.15, 0.2) is 0 Å². The third kappa shape index (κ3) is 4.82. The molecular formula is C13H18N2O3S. The molecule has 5 nitrogen and oxygen atoms in total. The van der Waals surface area contributed by atoms with E-state index in [4.69, 9.17) is 4.74 Å². The third-order valence-corrected chi connectivity index (χ3v) is 3.47. The molecule has 0 saturated carbocycles. The van der Waals surface area contributed by atoms with Crippen LogP contribution in [0.25, 0.3) is 0 Å². The van der Waals surface area contributed by atoms with Gasteiger partial charge in [0.2, 0.25) is 5.91 Å². The van der Waals surface area contributed by atoms with Gasteiger partial charge >= 0.3 is 6.03 Å². The average Bonchev–Trinajstić information content (AvgIpc) is 2.39. The van der Waals surface area contributed by atoms with Crippen LogP contribution in [0.1, 0.15) is 13.8 Å². The maximum absolute atomic E-state index is 11.8. The van der Waals surface area contributed by atoms with Gasteiger partial charge in [-0.2, -0.15) is 0 Å². The lowest BCUT2D eigenvalue weighted by Gasteiger charge is -2.13. The molecule has 0 fully saturated rings. The molecule has 0 aliphatic carbocycles. The molecule has 6 heteroatoms. The molecule has 1 rings (SSSR count). The fraction of sp³-hybridized carbons (Fsp3) is 0.385. The highest BCUT2D eigenvalue weighted by Gasteiger charge is 2.18. The maximum Gasteiger partial charge on any atom is 0.321 e. The Labute approximate surface area is 117 Å². The van der Waals surface area contributed by atoms with Crippen molar-refractivity contribution in [3.8, 4) is 5.75 Å². The first-order valence-corrected chi connectivity index (χ1v) is 6.84. The number of nitrogens with one attached hydrogen (secondary N) is 2. The fourth-order valence-corrected chi connectivity index (χ4v) is 2.35. The minimum atomic E-state index is -0.472. The van der Waals surface area contributed by atoms with Gasteiger partial charge in [0, 0.05) is 6.54 Å². The molecule has 1 aromatic rings. The lowest BCUT2D eigenvalue weighted by molar-refractivity contribution is -0.119. The van der Waals surface area contributed by atoms with Gasteiger partial charge in [-0.3, -0.25) is 10.1 Å². The molecule has 0 aromatic heterocycles. The number of benzene rings is 1. The number of hydrogen-bond acceptors (Lipinski definition) is 4. The molecule has 0 aliphatic rings. The van der Waals surface area contributed by atoms with Crippen LogP contribution in [0, 0.1) is 0 Å². The van der Waals surface area contributed by atoms with Crippen molar-refractivity contribution < 1.29 is 14.3 Å². The van der Waals surface area contributed by atoms with Crippen LogP contribution in [0.2, 0.25) is 0 Å². The standard InChI is InChI=1S/C13H18N2O3S/c1-4-14-13(17)15-12(16)9(2)19-11-8-6-5-7-10(11)18-3/h5-9H,4H2,1-3H3,(H2,14,15,16,17). The van der Waals surface area contributed by atoms with Crippen molar-refractivity contribution in [3.63, 3.8) is 0 Å². The molecule has 0 radical (unpaired) electrons. The summed E-state index contributed by atoms with van der Waals surface area (Å²) < 4.78 is 5.21. The molecule has 1 atom stereocenters. The number of rotatable bonds is 5. The Morgan fingerprint density at radius 3 is 2.68 bits per heavy atom. The molecule has 1 unspecified atom stereocenters. The smallest absolute Gasteiger partial charge is 0.321 e. The van der Waals surface area contributed by atoms with Crippen LogP contribution in [-0.2, 0) is 4.79 Å². The first-order valence-electron chi connectivity index (χ1n) is 5.96. The van der Waals surface area contributed by atoms with E-state index in [0.29, 0.717) is 12.3 Å². The number of ether oxygens (including phenoxy) is 1. The van der Waals surface area contributed by atoms with E-state index < -0.39 is 6.03 Å². The Morgan fingerprint density at radius 1 is 1.37 bits per heavy atom. The van der Waals surface area contributed by atoms with E-state index in [-0.39, 0.29) is 11.2 Å². The van der Waals surface area contributed by atoms with Crippen LogP contribution in [0.15, 0.2) is 29.2 Å². The highest BCUT2D eigenvalue weighted by atomic mass is 32.2. The molecule has 3 amide bonds. The van der Waals surface area contributed by atoms with Gasteiger partial charge in [0.05, 0.1) is 17.3 Å². The van der Waals surface area contributed by atoms with Gasteiger partial charge in [-0.05, 0) is 26.0 Å². The number of carbonyl (C=O) groups is 2. The lowest BCUT2D eigenvalue weighted by Crippen LogP contribution is -2.42. The van der Waals surface area contributed by atoms with Crippen molar-refractivity contribution >= 4 is 23.7 Å². The van der Waals surface area contributed by atoms with Gasteiger partial charge in [-0.15, -0.1) is 11.8 Å². The van der Waals surface area contributed by atoms with E-state index in [1.54, 1.807) is 21.0 Å². The van der Waals surface area contributed by atoms with Gasteiger partial charge in [0.1, 0.15) is 5.75 Å². The Hall–Kier alpha value is -1.69. The van der Waals surface area contributed by atoms with Gasteiger partial charge < -0.3 is 10.1 Å². The highest BCUT2D eigenvalue weighted by Crippen LogP contribution is 2.31. The minimum Gasteiger partial charge on any atom is -0.496 e. The number of urea groups is 1. The van der Waals surface area contributed by atoms with Gasteiger partial charge in [0.25, 0.3) is 0 Å². The topological polar surface area (TPSA) is 67.4 Å². The first kappa shape index (κ1) is 15.4. The van der Waals surface area contributed by atoms with Crippen molar-refractivity contribution in [2.75, 3.05) is 13.7 Å². The molecule has 0 aliphatic heterocycles. The zero-order valence-corrected chi connectivity index (χ0v) is 12.0. The molecule has 19 heavy (non-hydrogen) atoms. The Balaban J connectivity index is 2.61. The van der Waals surface area contributed by atoms with E-state index in [0.717, 1.165) is 4.90 Å². The summed E-state index contributed by atoms with van der Waals surface area (Å²) in [5.74, 6) is 0.381. The van der Waals surface area contributed by atoms with Crippen molar-refractivity contribution in [2.45, 2.75) is 24.0 Å². The molecule has 104 valence electrons. The van der Waals surface area contributed by atoms with Gasteiger partial charge in [-0.25, -0.2) is 4.79 Å². The zero-order chi connectivity index (χ0) is 14.3. The summed E-state index contributed by atoms with van der Waals surface area (Å²) in [6.45, 7) is 4.01. The summed E-state index contributed by atoms with van der Waals surface area (Å²) in [6, 6.07) is 6.97. The SMILES string of the molecule is CCNC(=O)NC(=O)C(C)Sc1ccccc1OC. The highest BCUT2D eigenvalue weighted by molar-refractivity contribution is 8.00. The van der Waals surface area contributed by atoms with Crippen molar-refractivity contribution in [3.05, 3.63) is 24.3 Å². The molecular weight excluding hydrogens is 264 g/mol. The number of amides is 3. The maximum atomic E-state index is 11.8. The Kier molecular flexibility index (Phi) is 6.21. The van der Waals surface area contributed by atoms with E-state index in [2.05, 4.69) is 10.6 Å². The summed E-state index contributed by atoms with van der Waals surface area (Å²) in [5, 5.41) is 4.41. The molecule has 2 N–H and O–H groups in total. The predicted octanol–water partition coefficient (Wildman–Crippen LogP) is 2.02. The van der Waals surface area contributed by atoms with Crippen LogP contribution in [0.3, 0.4) is 0 Å². The number of methoxy groups -OCH3 is 1. The molecule has 0 heterocycles. The molecule has 0 saturated heterocycles. The number of para-hydroxylation sites is 1. The molecule has 1 aromatic carbocycles. The average molecular weight is 282 g/mol. The minimum absolute atomic E-state index is 0.332. The lowest BCUT2D eigenvalue weighted by atomic mass is 10.3. The summed E-state index contributed by atoms with van der Waals surface area (Å²) in [4.78, 5) is 23.9. The quantitative estimate of drug-likeness (QED) is 0.811. The summed E-state index contributed by atoms with van der Waals surface area (Å²) in [6.07, 6.45) is 0. The fourth-order valence-electron chi connectivity index (χ4n) is 1.38. The van der Waals surface area contributed by atoms with Crippen LogP contribution >= 0.6 is 11.8 Å². The third-order valence-electron chi connectivity index (χ3n) is 2.32. The number of carbonyl (C=O) groups excluding carboxylic acids is 2. The summed E-state index contributed by atoms with van der Waals surface area (Å²) >= 11 is 1.35. The van der Waals surface area contributed by atoms with Crippen molar-refractivity contribution in [1.82, 2.24) is 10.6 Å². The van der Waals surface area contributed by atoms with E-state index in [1.807, 2.05) is 24.3 Å². The number of imide groups is 1. The van der Waals surface area contributed by atoms with Crippen LogP contribution in [-0.4, -0.2) is 30.8 Å². The van der Waals surface area contributed by atoms with Crippen LogP contribution < -0.4 is 15.4 Å². The first-order chi connectivity index (χ1) is 9.08. The second-order valence-electron chi connectivity index (χ2n) is 3.76. The molecule has 0 bridgehead atoms. The van der Waals surface area contributed by atoms with Gasteiger partial charge in [-0.1, -0.05) is 12.1 Å². The van der Waals surface area contributed by atoms with Crippen molar-refractivity contribution in [1.29, 1.82) is 0 Å². The van der Waals surface area contributed by atoms with E-state index >= 15 is 0 Å². The summed E-state index contributed by atoms with van der Waals surface area (Å²) in [5.41, 5.74) is 0. The predicted molar refractivity (Wildman–Crippen MR) is 75.5 cm³/mol. The summed E-state index contributed by atoms with van der Waals surface area (Å²) in [7, 11) is 1.58. The second-order valence-corrected chi connectivity index (χ2v) is 5.14. The van der Waals surface area contributed by atoms with E-state index in [1.165, 1.54) is 11.8 Å². The molecule has 0 spiro atoms. The normalized spacial score (nSPS) is 11.5. The zero-order valence-electron chi connectivity index (χ0n) is 11.2. The van der Waals surface area contributed by atoms with Crippen LogP contribution in [0.5, 0.6) is 5.75 Å². The van der Waals surface area contributed by atoms with Crippen LogP contribution in [0.4, 0.5) is 4.79 Å². The second kappa shape index (κ2) is 7.68. The monoisotopic (exact) mass is 282 g/mol. The number of thioether (sulfide) groups is 1. The largest absolute Gasteiger partial charge is 0.496 e. The number of hydrogen-bond donors (Lipinski definition) is 2. The Morgan fingerprint density at radius 2 is 2.05 bits per heavy atom. The van der Waals surface area contributed by atoms with E-state index in [9.17, 15) is 9.59 Å². The van der Waals surface area contributed by atoms with Crippen molar-refractivity contribution in [2.24, 2.45) is 0 Å².